The van der Waals surface area contributed by atoms with Gasteiger partial charge in [0, 0.05) is 10.3 Å². The minimum atomic E-state index is 0.839. The van der Waals surface area contributed by atoms with Crippen molar-refractivity contribution in [2.75, 3.05) is 0 Å². The Bertz CT molecular complexity index is 1220. The first-order chi connectivity index (χ1) is 11.7. The molecule has 0 fully saturated rings. The first-order valence-electron chi connectivity index (χ1n) is 7.33. The van der Waals surface area contributed by atoms with Gasteiger partial charge in [-0.2, -0.15) is 0 Å². The topological polar surface area (TPSA) is 56.0 Å². The van der Waals surface area contributed by atoms with Crippen molar-refractivity contribution in [1.82, 2.24) is 24.6 Å². The maximum absolute atomic E-state index is 4.51. The first kappa shape index (κ1) is 14.3. The molecule has 118 valence electrons. The Hall–Kier alpha value is -2.03. The summed E-state index contributed by atoms with van der Waals surface area (Å²) in [6, 6.07) is 8.29. The van der Waals surface area contributed by atoms with Gasteiger partial charge in [0.05, 0.1) is 10.2 Å². The van der Waals surface area contributed by atoms with Gasteiger partial charge in [0.2, 0.25) is 10.1 Å². The van der Waals surface area contributed by atoms with Crippen LogP contribution in [0.5, 0.6) is 0 Å². The molecule has 4 aromatic heterocycles. The largest absolute Gasteiger partial charge is 0.260 e. The van der Waals surface area contributed by atoms with Crippen LogP contribution >= 0.6 is 34.4 Å². The van der Waals surface area contributed by atoms with Crippen LogP contribution in [0.25, 0.3) is 25.4 Å². The van der Waals surface area contributed by atoms with Gasteiger partial charge in [-0.05, 0) is 43.3 Å². The van der Waals surface area contributed by atoms with Gasteiger partial charge < -0.3 is 0 Å². The van der Waals surface area contributed by atoms with Crippen LogP contribution in [0.2, 0.25) is 0 Å². The Morgan fingerprint density at radius 1 is 1.04 bits per heavy atom. The van der Waals surface area contributed by atoms with Crippen molar-refractivity contribution in [3.8, 4) is 0 Å². The van der Waals surface area contributed by atoms with Gasteiger partial charge in [-0.1, -0.05) is 23.5 Å². The number of benzene rings is 1. The summed E-state index contributed by atoms with van der Waals surface area (Å²) in [6.45, 7) is 4.25. The number of hydrogen-bond acceptors (Lipinski definition) is 7. The molecule has 0 unspecified atom stereocenters. The van der Waals surface area contributed by atoms with Crippen LogP contribution in [0.15, 0.2) is 40.8 Å². The fraction of sp³-hybridized carbons (Fsp3) is 0.125. The van der Waals surface area contributed by atoms with E-state index in [0.29, 0.717) is 0 Å². The van der Waals surface area contributed by atoms with Crippen molar-refractivity contribution < 1.29 is 0 Å². The number of thiophene rings is 1. The molecule has 8 heteroatoms. The minimum Gasteiger partial charge on any atom is -0.260 e. The molecule has 0 saturated heterocycles. The minimum absolute atomic E-state index is 0.839. The number of para-hydroxylation sites is 1. The molecule has 1 aromatic carbocycles. The molecule has 24 heavy (non-hydrogen) atoms. The Morgan fingerprint density at radius 3 is 2.83 bits per heavy atom. The molecule has 0 atom stereocenters. The van der Waals surface area contributed by atoms with Crippen molar-refractivity contribution in [3.05, 3.63) is 41.0 Å². The summed E-state index contributed by atoms with van der Waals surface area (Å²) in [6.07, 6.45) is 1.63. The van der Waals surface area contributed by atoms with E-state index < -0.39 is 0 Å². The van der Waals surface area contributed by atoms with E-state index in [1.807, 2.05) is 12.1 Å². The Morgan fingerprint density at radius 2 is 1.92 bits per heavy atom. The quantitative estimate of drug-likeness (QED) is 0.422. The molecule has 0 aliphatic heterocycles. The van der Waals surface area contributed by atoms with Gasteiger partial charge in [-0.3, -0.25) is 4.40 Å². The molecule has 5 aromatic rings. The number of hydrogen-bond donors (Lipinski definition) is 0. The lowest BCUT2D eigenvalue weighted by atomic mass is 10.2. The second kappa shape index (κ2) is 5.23. The van der Waals surface area contributed by atoms with Crippen LogP contribution in [-0.2, 0) is 0 Å². The van der Waals surface area contributed by atoms with Gasteiger partial charge in [0.25, 0.3) is 0 Å². The van der Waals surface area contributed by atoms with E-state index in [0.717, 1.165) is 30.9 Å². The number of aromatic nitrogens is 5. The number of thiazole rings is 1. The average Bonchev–Trinajstić information content (AvgIpc) is 3.22. The highest BCUT2D eigenvalue weighted by Crippen LogP contribution is 2.38. The zero-order valence-electron chi connectivity index (χ0n) is 12.8. The normalized spacial score (nSPS) is 11.9. The monoisotopic (exact) mass is 369 g/mol. The molecule has 0 saturated carbocycles. The molecule has 4 heterocycles. The highest BCUT2D eigenvalue weighted by molar-refractivity contribution is 7.99. The SMILES string of the molecule is Cc1sc2ncnc(Sc3nnc4sc5ccccc5n34)c2c1C. The van der Waals surface area contributed by atoms with Gasteiger partial charge in [0.15, 0.2) is 0 Å². The van der Waals surface area contributed by atoms with E-state index in [1.165, 1.54) is 15.1 Å². The highest BCUT2D eigenvalue weighted by atomic mass is 32.2. The molecule has 0 aliphatic rings. The Kier molecular flexibility index (Phi) is 3.12. The lowest BCUT2D eigenvalue weighted by Gasteiger charge is -2.01. The van der Waals surface area contributed by atoms with E-state index in [4.69, 9.17) is 0 Å². The van der Waals surface area contributed by atoms with E-state index in [2.05, 4.69) is 50.5 Å². The summed E-state index contributed by atoms with van der Waals surface area (Å²) in [4.78, 5) is 12.1. The zero-order valence-corrected chi connectivity index (χ0v) is 15.3. The van der Waals surface area contributed by atoms with E-state index in [-0.39, 0.29) is 0 Å². The van der Waals surface area contributed by atoms with Crippen molar-refractivity contribution >= 4 is 59.8 Å². The number of fused-ring (bicyclic) bond motifs is 4. The molecule has 0 aliphatic carbocycles. The number of rotatable bonds is 2. The summed E-state index contributed by atoms with van der Waals surface area (Å²) in [7, 11) is 0. The fourth-order valence-corrected chi connectivity index (χ4v) is 5.80. The lowest BCUT2D eigenvalue weighted by molar-refractivity contribution is 0.936. The number of aryl methyl sites for hydroxylation is 2. The molecular formula is C16H11N5S3. The van der Waals surface area contributed by atoms with Crippen LogP contribution < -0.4 is 0 Å². The molecule has 0 spiro atoms. The summed E-state index contributed by atoms with van der Waals surface area (Å²) < 4.78 is 3.31. The third-order valence-electron chi connectivity index (χ3n) is 4.03. The molecule has 0 bridgehead atoms. The van der Waals surface area contributed by atoms with Crippen LogP contribution in [0.4, 0.5) is 0 Å². The van der Waals surface area contributed by atoms with Crippen LogP contribution in [0.1, 0.15) is 10.4 Å². The van der Waals surface area contributed by atoms with E-state index >= 15 is 0 Å². The molecule has 0 radical (unpaired) electrons. The summed E-state index contributed by atoms with van der Waals surface area (Å²) in [5.74, 6) is 0. The number of nitrogens with zero attached hydrogens (tertiary/aromatic N) is 5. The third-order valence-corrected chi connectivity index (χ3v) is 7.11. The maximum Gasteiger partial charge on any atom is 0.217 e. The summed E-state index contributed by atoms with van der Waals surface area (Å²) >= 11 is 4.91. The predicted octanol–water partition coefficient (Wildman–Crippen LogP) is 4.72. The Labute approximate surface area is 149 Å². The van der Waals surface area contributed by atoms with Gasteiger partial charge >= 0.3 is 0 Å². The zero-order chi connectivity index (χ0) is 16.3. The van der Waals surface area contributed by atoms with E-state index in [9.17, 15) is 0 Å². The van der Waals surface area contributed by atoms with Gasteiger partial charge in [0.1, 0.15) is 16.2 Å². The Balaban J connectivity index is 1.72. The average molecular weight is 370 g/mol. The highest BCUT2D eigenvalue weighted by Gasteiger charge is 2.17. The van der Waals surface area contributed by atoms with Crippen molar-refractivity contribution in [2.45, 2.75) is 24.0 Å². The third kappa shape index (κ3) is 2.00. The first-order valence-corrected chi connectivity index (χ1v) is 9.78. The smallest absolute Gasteiger partial charge is 0.217 e. The van der Waals surface area contributed by atoms with Crippen molar-refractivity contribution in [3.63, 3.8) is 0 Å². The molecule has 0 amide bonds. The maximum atomic E-state index is 4.51. The van der Waals surface area contributed by atoms with Crippen LogP contribution in [0.3, 0.4) is 0 Å². The lowest BCUT2D eigenvalue weighted by Crippen LogP contribution is -1.89. The van der Waals surface area contributed by atoms with Crippen molar-refractivity contribution in [2.24, 2.45) is 0 Å². The van der Waals surface area contributed by atoms with E-state index in [1.54, 1.807) is 40.8 Å². The molecule has 0 N–H and O–H groups in total. The van der Waals surface area contributed by atoms with Crippen molar-refractivity contribution in [1.29, 1.82) is 0 Å². The molecular weight excluding hydrogens is 358 g/mol. The fourth-order valence-electron chi connectivity index (χ4n) is 2.74. The predicted molar refractivity (Wildman–Crippen MR) is 99.4 cm³/mol. The van der Waals surface area contributed by atoms with Gasteiger partial charge in [-0.25, -0.2) is 9.97 Å². The second-order valence-corrected chi connectivity index (χ2v) is 8.58. The standard InChI is InChI=1S/C16H11N5S3/c1-8-9(2)22-13-12(8)14(18-7-17-13)24-16-20-19-15-21(16)10-5-3-4-6-11(10)23-15/h3-7H,1-2H3. The summed E-state index contributed by atoms with van der Waals surface area (Å²) in [5, 5.41) is 11.6. The van der Waals surface area contributed by atoms with Crippen LogP contribution in [0, 0.1) is 13.8 Å². The second-order valence-electron chi connectivity index (χ2n) is 5.41. The molecule has 5 rings (SSSR count). The molecule has 5 nitrogen and oxygen atoms in total. The van der Waals surface area contributed by atoms with Gasteiger partial charge in [-0.15, -0.1) is 21.5 Å². The van der Waals surface area contributed by atoms with Crippen LogP contribution in [-0.4, -0.2) is 24.6 Å². The summed E-state index contributed by atoms with van der Waals surface area (Å²) in [5.41, 5.74) is 2.38.